The van der Waals surface area contributed by atoms with Crippen LogP contribution >= 0.6 is 0 Å². The van der Waals surface area contributed by atoms with E-state index in [2.05, 4.69) is 20.4 Å². The van der Waals surface area contributed by atoms with E-state index in [-0.39, 0.29) is 11.7 Å². The molecule has 0 spiro atoms. The number of ether oxygens (including phenoxy) is 2. The smallest absolute Gasteiger partial charge is 0.145 e. The molecule has 0 aliphatic rings. The number of nitrogens with zero attached hydrogens (tertiary/aromatic N) is 1. The highest BCUT2D eigenvalue weighted by Crippen LogP contribution is 2.38. The van der Waals surface area contributed by atoms with Crippen molar-refractivity contribution in [3.8, 4) is 17.2 Å². The molecule has 0 unspecified atom stereocenters. The van der Waals surface area contributed by atoms with Crippen molar-refractivity contribution in [3.63, 3.8) is 0 Å². The van der Waals surface area contributed by atoms with Gasteiger partial charge in [-0.15, -0.1) is 0 Å². The van der Waals surface area contributed by atoms with Gasteiger partial charge in [0.05, 0.1) is 18.3 Å². The Morgan fingerprint density at radius 3 is 2.36 bits per heavy atom. The number of benzene rings is 2. The molecule has 0 fully saturated rings. The Labute approximate surface area is 146 Å². The summed E-state index contributed by atoms with van der Waals surface area (Å²) in [5.74, 6) is 1.81. The molecule has 3 aromatic rings. The van der Waals surface area contributed by atoms with Gasteiger partial charge in [-0.25, -0.2) is 4.39 Å². The largest absolute Gasteiger partial charge is 0.497 e. The molecule has 1 heterocycles. The number of pyridine rings is 1. The second kappa shape index (κ2) is 6.93. The summed E-state index contributed by atoms with van der Waals surface area (Å²) >= 11 is 0. The summed E-state index contributed by atoms with van der Waals surface area (Å²) in [6.45, 7) is 8.08. The van der Waals surface area contributed by atoms with E-state index >= 15 is 0 Å². The molecule has 0 radical (unpaired) electrons. The van der Waals surface area contributed by atoms with Gasteiger partial charge in [0.2, 0.25) is 0 Å². The van der Waals surface area contributed by atoms with Crippen LogP contribution in [0.3, 0.4) is 0 Å². The van der Waals surface area contributed by atoms with E-state index in [9.17, 15) is 4.39 Å². The third-order valence-electron chi connectivity index (χ3n) is 3.99. The molecule has 3 nitrogen and oxygen atoms in total. The van der Waals surface area contributed by atoms with Gasteiger partial charge in [0.1, 0.15) is 23.1 Å². The van der Waals surface area contributed by atoms with E-state index < -0.39 is 0 Å². The fourth-order valence-electron chi connectivity index (χ4n) is 2.74. The second-order valence-electron chi connectivity index (χ2n) is 6.04. The predicted octanol–water partition coefficient (Wildman–Crippen LogP) is 5.94. The SMILES string of the molecule is C=Cc1c(C(C)C)nc2ccc(OC)cc2c1Oc1ccc(F)cc1. The van der Waals surface area contributed by atoms with Crippen molar-refractivity contribution >= 4 is 17.0 Å². The van der Waals surface area contributed by atoms with Gasteiger partial charge in [0.15, 0.2) is 0 Å². The summed E-state index contributed by atoms with van der Waals surface area (Å²) in [5, 5.41) is 0.822. The first kappa shape index (κ1) is 17.0. The Kier molecular flexibility index (Phi) is 4.70. The lowest BCUT2D eigenvalue weighted by Gasteiger charge is -2.18. The first-order chi connectivity index (χ1) is 12.0. The summed E-state index contributed by atoms with van der Waals surface area (Å²) in [6, 6.07) is 11.6. The number of rotatable bonds is 5. The van der Waals surface area contributed by atoms with Crippen LogP contribution in [0.5, 0.6) is 17.2 Å². The number of hydrogen-bond acceptors (Lipinski definition) is 3. The molecule has 4 heteroatoms. The Hall–Kier alpha value is -2.88. The van der Waals surface area contributed by atoms with Crippen LogP contribution in [0.15, 0.2) is 49.0 Å². The summed E-state index contributed by atoms with van der Waals surface area (Å²) in [7, 11) is 1.62. The monoisotopic (exact) mass is 337 g/mol. The maximum absolute atomic E-state index is 13.2. The van der Waals surface area contributed by atoms with Gasteiger partial charge in [-0.05, 0) is 48.4 Å². The van der Waals surface area contributed by atoms with Crippen molar-refractivity contribution in [2.24, 2.45) is 0 Å². The van der Waals surface area contributed by atoms with Crippen molar-refractivity contribution in [1.82, 2.24) is 4.98 Å². The van der Waals surface area contributed by atoms with E-state index in [0.717, 1.165) is 22.2 Å². The second-order valence-corrected chi connectivity index (χ2v) is 6.04. The van der Waals surface area contributed by atoms with Gasteiger partial charge in [0, 0.05) is 10.9 Å². The molecule has 0 atom stereocenters. The summed E-state index contributed by atoms with van der Waals surface area (Å²) < 4.78 is 24.7. The molecular weight excluding hydrogens is 317 g/mol. The minimum atomic E-state index is -0.305. The third-order valence-corrected chi connectivity index (χ3v) is 3.99. The molecule has 3 rings (SSSR count). The first-order valence-corrected chi connectivity index (χ1v) is 8.11. The van der Waals surface area contributed by atoms with Gasteiger partial charge in [0.25, 0.3) is 0 Å². The number of fused-ring (bicyclic) bond motifs is 1. The van der Waals surface area contributed by atoms with E-state index in [0.29, 0.717) is 17.2 Å². The highest BCUT2D eigenvalue weighted by Gasteiger charge is 2.18. The lowest BCUT2D eigenvalue weighted by atomic mass is 10.00. The van der Waals surface area contributed by atoms with Gasteiger partial charge < -0.3 is 9.47 Å². The lowest BCUT2D eigenvalue weighted by Crippen LogP contribution is -2.01. The lowest BCUT2D eigenvalue weighted by molar-refractivity contribution is 0.415. The number of methoxy groups -OCH3 is 1. The molecule has 25 heavy (non-hydrogen) atoms. The van der Waals surface area contributed by atoms with Gasteiger partial charge in [-0.2, -0.15) is 0 Å². The van der Waals surface area contributed by atoms with Crippen LogP contribution in [-0.4, -0.2) is 12.1 Å². The van der Waals surface area contributed by atoms with Gasteiger partial charge >= 0.3 is 0 Å². The minimum Gasteiger partial charge on any atom is -0.497 e. The van der Waals surface area contributed by atoms with E-state index in [1.165, 1.54) is 12.1 Å². The zero-order valence-corrected chi connectivity index (χ0v) is 14.5. The molecule has 0 saturated carbocycles. The van der Waals surface area contributed by atoms with E-state index in [1.807, 2.05) is 18.2 Å². The van der Waals surface area contributed by atoms with Crippen molar-refractivity contribution in [3.05, 3.63) is 66.1 Å². The average Bonchev–Trinajstić information content (AvgIpc) is 2.62. The molecule has 0 aliphatic carbocycles. The van der Waals surface area contributed by atoms with Crippen molar-refractivity contribution in [2.75, 3.05) is 7.11 Å². The molecule has 0 bridgehead atoms. The quantitative estimate of drug-likeness (QED) is 0.577. The zero-order valence-electron chi connectivity index (χ0n) is 14.5. The van der Waals surface area contributed by atoms with Gasteiger partial charge in [-0.3, -0.25) is 4.98 Å². The summed E-state index contributed by atoms with van der Waals surface area (Å²) in [6.07, 6.45) is 1.75. The summed E-state index contributed by atoms with van der Waals surface area (Å²) in [4.78, 5) is 4.77. The Morgan fingerprint density at radius 2 is 1.76 bits per heavy atom. The number of hydrogen-bond donors (Lipinski definition) is 0. The van der Waals surface area contributed by atoms with Crippen LogP contribution in [-0.2, 0) is 0 Å². The minimum absolute atomic E-state index is 0.204. The Morgan fingerprint density at radius 1 is 1.08 bits per heavy atom. The third kappa shape index (κ3) is 3.33. The molecule has 0 N–H and O–H groups in total. The Bertz CT molecular complexity index is 917. The van der Waals surface area contributed by atoms with Crippen LogP contribution in [0.4, 0.5) is 4.39 Å². The Balaban J connectivity index is 2.26. The van der Waals surface area contributed by atoms with E-state index in [4.69, 9.17) is 14.5 Å². The molecule has 2 aromatic carbocycles. The van der Waals surface area contributed by atoms with Crippen LogP contribution in [0.1, 0.15) is 31.0 Å². The molecule has 0 amide bonds. The first-order valence-electron chi connectivity index (χ1n) is 8.11. The highest BCUT2D eigenvalue weighted by atomic mass is 19.1. The van der Waals surface area contributed by atoms with Crippen molar-refractivity contribution in [1.29, 1.82) is 0 Å². The average molecular weight is 337 g/mol. The molecule has 1 aromatic heterocycles. The van der Waals surface area contributed by atoms with Crippen molar-refractivity contribution < 1.29 is 13.9 Å². The van der Waals surface area contributed by atoms with Crippen molar-refractivity contribution in [2.45, 2.75) is 19.8 Å². The van der Waals surface area contributed by atoms with Crippen LogP contribution in [0.25, 0.3) is 17.0 Å². The maximum Gasteiger partial charge on any atom is 0.145 e. The predicted molar refractivity (Wildman–Crippen MR) is 98.9 cm³/mol. The number of halogens is 1. The number of aromatic nitrogens is 1. The molecule has 128 valence electrons. The standard InChI is InChI=1S/C21H20FNO2/c1-5-17-20(13(2)3)23-19-11-10-16(24-4)12-18(19)21(17)25-15-8-6-14(22)7-9-15/h5-13H,1H2,2-4H3. The fraction of sp³-hybridized carbons (Fsp3) is 0.190. The zero-order chi connectivity index (χ0) is 18.0. The van der Waals surface area contributed by atoms with Crippen LogP contribution < -0.4 is 9.47 Å². The molecular formula is C21H20FNO2. The molecule has 0 aliphatic heterocycles. The van der Waals surface area contributed by atoms with Crippen LogP contribution in [0, 0.1) is 5.82 Å². The van der Waals surface area contributed by atoms with E-state index in [1.54, 1.807) is 25.3 Å². The fourth-order valence-corrected chi connectivity index (χ4v) is 2.74. The topological polar surface area (TPSA) is 31.4 Å². The van der Waals surface area contributed by atoms with Crippen LogP contribution in [0.2, 0.25) is 0 Å². The maximum atomic E-state index is 13.2. The normalized spacial score (nSPS) is 10.9. The highest BCUT2D eigenvalue weighted by molar-refractivity contribution is 5.91. The molecule has 0 saturated heterocycles. The summed E-state index contributed by atoms with van der Waals surface area (Å²) in [5.41, 5.74) is 2.55. The van der Waals surface area contributed by atoms with Gasteiger partial charge in [-0.1, -0.05) is 26.5 Å².